The van der Waals surface area contributed by atoms with Crippen LogP contribution in [-0.4, -0.2) is 4.98 Å². The summed E-state index contributed by atoms with van der Waals surface area (Å²) in [5.74, 6) is 0.241. The monoisotopic (exact) mass is 251 g/mol. The van der Waals surface area contributed by atoms with E-state index in [9.17, 15) is 4.39 Å². The van der Waals surface area contributed by atoms with Gasteiger partial charge in [0.2, 0.25) is 0 Å². The molecule has 5 heteroatoms. The number of hydrogen-bond acceptors (Lipinski definition) is 3. The van der Waals surface area contributed by atoms with Crippen molar-refractivity contribution in [1.29, 1.82) is 0 Å². The predicted octanol–water partition coefficient (Wildman–Crippen LogP) is 3.07. The van der Waals surface area contributed by atoms with E-state index in [0.29, 0.717) is 28.6 Å². The summed E-state index contributed by atoms with van der Waals surface area (Å²) in [6, 6.07) is 8.13. The van der Waals surface area contributed by atoms with Crippen molar-refractivity contribution in [3.63, 3.8) is 0 Å². The molecule has 2 rings (SSSR count). The van der Waals surface area contributed by atoms with Crippen LogP contribution in [0.2, 0.25) is 5.02 Å². The van der Waals surface area contributed by atoms with Gasteiger partial charge in [-0.05, 0) is 12.1 Å². The molecule has 17 heavy (non-hydrogen) atoms. The molecule has 0 saturated heterocycles. The van der Waals surface area contributed by atoms with Crippen molar-refractivity contribution in [3.8, 4) is 0 Å². The van der Waals surface area contributed by atoms with Gasteiger partial charge in [0, 0.05) is 18.3 Å². The molecule has 1 aromatic heterocycles. The van der Waals surface area contributed by atoms with Crippen LogP contribution in [0.15, 0.2) is 36.5 Å². The van der Waals surface area contributed by atoms with Crippen molar-refractivity contribution >= 4 is 23.1 Å². The maximum Gasteiger partial charge on any atom is 0.149 e. The Labute approximate surface area is 103 Å². The first-order valence-corrected chi connectivity index (χ1v) is 5.43. The zero-order chi connectivity index (χ0) is 12.3. The van der Waals surface area contributed by atoms with Crippen LogP contribution in [0, 0.1) is 5.82 Å². The molecular weight excluding hydrogens is 241 g/mol. The zero-order valence-electron chi connectivity index (χ0n) is 8.95. The maximum absolute atomic E-state index is 13.3. The Morgan fingerprint density at radius 2 is 2.12 bits per heavy atom. The number of aromatic nitrogens is 1. The number of nitrogen functional groups attached to an aromatic ring is 1. The van der Waals surface area contributed by atoms with Gasteiger partial charge in [0.15, 0.2) is 0 Å². The van der Waals surface area contributed by atoms with Gasteiger partial charge in [-0.15, -0.1) is 0 Å². The Hall–Kier alpha value is -1.81. The first kappa shape index (κ1) is 11.7. The van der Waals surface area contributed by atoms with Gasteiger partial charge in [0.1, 0.15) is 11.6 Å². The molecule has 3 N–H and O–H groups in total. The average molecular weight is 252 g/mol. The Morgan fingerprint density at radius 1 is 1.35 bits per heavy atom. The summed E-state index contributed by atoms with van der Waals surface area (Å²) >= 11 is 5.73. The highest BCUT2D eigenvalue weighted by Crippen LogP contribution is 2.20. The second kappa shape index (κ2) is 5.01. The Kier molecular flexibility index (Phi) is 3.44. The van der Waals surface area contributed by atoms with Gasteiger partial charge in [-0.3, -0.25) is 0 Å². The van der Waals surface area contributed by atoms with Crippen molar-refractivity contribution in [2.45, 2.75) is 6.54 Å². The van der Waals surface area contributed by atoms with Gasteiger partial charge in [0.05, 0.1) is 10.7 Å². The molecule has 2 aromatic rings. The van der Waals surface area contributed by atoms with E-state index < -0.39 is 0 Å². The summed E-state index contributed by atoms with van der Waals surface area (Å²) in [6.07, 6.45) is 1.49. The molecule has 0 atom stereocenters. The molecule has 0 bridgehead atoms. The largest absolute Gasteiger partial charge is 0.396 e. The van der Waals surface area contributed by atoms with Gasteiger partial charge in [-0.1, -0.05) is 29.8 Å². The lowest BCUT2D eigenvalue weighted by Crippen LogP contribution is -2.05. The van der Waals surface area contributed by atoms with Crippen LogP contribution < -0.4 is 11.1 Å². The SMILES string of the molecule is Nc1cc(Cl)cnc1NCc1ccccc1F. The first-order chi connectivity index (χ1) is 8.16. The van der Waals surface area contributed by atoms with Crippen molar-refractivity contribution in [3.05, 3.63) is 52.9 Å². The summed E-state index contributed by atoms with van der Waals surface area (Å²) in [4.78, 5) is 4.03. The second-order valence-corrected chi connectivity index (χ2v) is 3.97. The van der Waals surface area contributed by atoms with E-state index in [4.69, 9.17) is 17.3 Å². The van der Waals surface area contributed by atoms with E-state index in [1.807, 2.05) is 0 Å². The fraction of sp³-hybridized carbons (Fsp3) is 0.0833. The average Bonchev–Trinajstić information content (AvgIpc) is 2.30. The van der Waals surface area contributed by atoms with E-state index in [1.54, 1.807) is 24.3 Å². The van der Waals surface area contributed by atoms with Crippen LogP contribution in [-0.2, 0) is 6.54 Å². The molecular formula is C12H11ClFN3. The lowest BCUT2D eigenvalue weighted by Gasteiger charge is -2.08. The molecule has 3 nitrogen and oxygen atoms in total. The number of halogens is 2. The van der Waals surface area contributed by atoms with Gasteiger partial charge >= 0.3 is 0 Å². The van der Waals surface area contributed by atoms with Crippen LogP contribution in [0.4, 0.5) is 15.9 Å². The van der Waals surface area contributed by atoms with Crippen LogP contribution in [0.25, 0.3) is 0 Å². The third-order valence-corrected chi connectivity index (χ3v) is 2.49. The third-order valence-electron chi connectivity index (χ3n) is 2.29. The Morgan fingerprint density at radius 3 is 2.82 bits per heavy atom. The maximum atomic E-state index is 13.3. The molecule has 0 fully saturated rings. The summed E-state index contributed by atoms with van der Waals surface area (Å²) in [6.45, 7) is 0.325. The molecule has 0 unspecified atom stereocenters. The number of benzene rings is 1. The van der Waals surface area contributed by atoms with Gasteiger partial charge in [-0.2, -0.15) is 0 Å². The van der Waals surface area contributed by atoms with Crippen molar-refractivity contribution in [2.24, 2.45) is 0 Å². The minimum absolute atomic E-state index is 0.257. The van der Waals surface area contributed by atoms with Crippen molar-refractivity contribution < 1.29 is 4.39 Å². The zero-order valence-corrected chi connectivity index (χ0v) is 9.71. The van der Waals surface area contributed by atoms with E-state index in [-0.39, 0.29) is 5.82 Å². The minimum Gasteiger partial charge on any atom is -0.396 e. The normalized spacial score (nSPS) is 10.2. The fourth-order valence-corrected chi connectivity index (χ4v) is 1.59. The molecule has 0 aliphatic rings. The standard InChI is InChI=1S/C12H11ClFN3/c13-9-5-11(15)12(17-7-9)16-6-8-3-1-2-4-10(8)14/h1-5,7H,6,15H2,(H,16,17). The molecule has 88 valence electrons. The molecule has 0 aliphatic heterocycles. The Bertz CT molecular complexity index is 531. The van der Waals surface area contributed by atoms with Gasteiger partial charge in [0.25, 0.3) is 0 Å². The number of anilines is 2. The second-order valence-electron chi connectivity index (χ2n) is 3.54. The van der Waals surface area contributed by atoms with Crippen LogP contribution >= 0.6 is 11.6 Å². The number of nitrogens with one attached hydrogen (secondary N) is 1. The number of nitrogens with two attached hydrogens (primary N) is 1. The van der Waals surface area contributed by atoms with E-state index in [2.05, 4.69) is 10.3 Å². The lowest BCUT2D eigenvalue weighted by atomic mass is 10.2. The van der Waals surface area contributed by atoms with Crippen LogP contribution in [0.1, 0.15) is 5.56 Å². The Balaban J connectivity index is 2.10. The highest BCUT2D eigenvalue weighted by atomic mass is 35.5. The lowest BCUT2D eigenvalue weighted by molar-refractivity contribution is 0.613. The van der Waals surface area contributed by atoms with E-state index >= 15 is 0 Å². The summed E-state index contributed by atoms with van der Waals surface area (Å²) in [7, 11) is 0. The number of pyridine rings is 1. The highest BCUT2D eigenvalue weighted by Gasteiger charge is 2.04. The van der Waals surface area contributed by atoms with Crippen LogP contribution in [0.3, 0.4) is 0 Å². The minimum atomic E-state index is -0.257. The first-order valence-electron chi connectivity index (χ1n) is 5.05. The topological polar surface area (TPSA) is 50.9 Å². The molecule has 1 heterocycles. The number of nitrogens with zero attached hydrogens (tertiary/aromatic N) is 1. The number of rotatable bonds is 3. The van der Waals surface area contributed by atoms with Crippen molar-refractivity contribution in [2.75, 3.05) is 11.1 Å². The molecule has 1 aromatic carbocycles. The van der Waals surface area contributed by atoms with Gasteiger partial charge in [-0.25, -0.2) is 9.37 Å². The van der Waals surface area contributed by atoms with E-state index in [1.165, 1.54) is 12.3 Å². The number of hydrogen-bond donors (Lipinski definition) is 2. The van der Waals surface area contributed by atoms with Crippen LogP contribution in [0.5, 0.6) is 0 Å². The predicted molar refractivity (Wildman–Crippen MR) is 67.4 cm³/mol. The molecule has 0 radical (unpaired) electrons. The smallest absolute Gasteiger partial charge is 0.149 e. The third kappa shape index (κ3) is 2.85. The van der Waals surface area contributed by atoms with Crippen molar-refractivity contribution in [1.82, 2.24) is 4.98 Å². The van der Waals surface area contributed by atoms with E-state index in [0.717, 1.165) is 0 Å². The molecule has 0 amide bonds. The molecule has 0 saturated carbocycles. The summed E-state index contributed by atoms with van der Waals surface area (Å²) in [5.41, 5.74) is 6.72. The fourth-order valence-electron chi connectivity index (χ4n) is 1.42. The summed E-state index contributed by atoms with van der Waals surface area (Å²) < 4.78 is 13.3. The quantitative estimate of drug-likeness (QED) is 0.882. The molecule has 0 aliphatic carbocycles. The van der Waals surface area contributed by atoms with Gasteiger partial charge < -0.3 is 11.1 Å². The molecule has 0 spiro atoms. The highest BCUT2D eigenvalue weighted by molar-refractivity contribution is 6.30. The summed E-state index contributed by atoms with van der Waals surface area (Å²) in [5, 5.41) is 3.43.